The number of methoxy groups -OCH3 is 1. The molecule has 0 saturated heterocycles. The van der Waals surface area contributed by atoms with E-state index in [9.17, 15) is 9.59 Å². The van der Waals surface area contributed by atoms with Gasteiger partial charge in [-0.05, 0) is 43.3 Å². The van der Waals surface area contributed by atoms with Gasteiger partial charge < -0.3 is 9.47 Å². The van der Waals surface area contributed by atoms with E-state index in [4.69, 9.17) is 9.47 Å². The van der Waals surface area contributed by atoms with Gasteiger partial charge in [-0.25, -0.2) is 4.98 Å². The van der Waals surface area contributed by atoms with E-state index in [1.165, 1.54) is 24.5 Å². The molecule has 0 unspecified atom stereocenters. The zero-order valence-electron chi connectivity index (χ0n) is 15.4. The normalized spacial score (nSPS) is 10.8. The Kier molecular flexibility index (Phi) is 6.23. The Morgan fingerprint density at radius 1 is 1.14 bits per heavy atom. The lowest BCUT2D eigenvalue weighted by Crippen LogP contribution is -2.40. The summed E-state index contributed by atoms with van der Waals surface area (Å²) in [5.74, 6) is 0.0505. The molecule has 0 saturated carbocycles. The number of nitrogens with one attached hydrogen (secondary N) is 2. The smallest absolute Gasteiger partial charge is 0.269 e. The minimum absolute atomic E-state index is 0.329. The van der Waals surface area contributed by atoms with Crippen LogP contribution >= 0.6 is 11.3 Å². The van der Waals surface area contributed by atoms with Crippen LogP contribution in [0.1, 0.15) is 22.3 Å². The second-order valence-electron chi connectivity index (χ2n) is 5.60. The number of hydrazine groups is 1. The summed E-state index contributed by atoms with van der Waals surface area (Å²) in [5.41, 5.74) is 5.91. The van der Waals surface area contributed by atoms with Crippen LogP contribution in [-0.4, -0.2) is 30.5 Å². The minimum atomic E-state index is -0.469. The molecule has 28 heavy (non-hydrogen) atoms. The summed E-state index contributed by atoms with van der Waals surface area (Å²) in [4.78, 5) is 28.6. The predicted octanol–water partition coefficient (Wildman–Crippen LogP) is 3.18. The molecule has 0 spiro atoms. The van der Waals surface area contributed by atoms with Gasteiger partial charge in [0.2, 0.25) is 0 Å². The van der Waals surface area contributed by atoms with Crippen LogP contribution in [0.15, 0.2) is 48.5 Å². The number of benzene rings is 2. The lowest BCUT2D eigenvalue weighted by molar-refractivity contribution is -0.117. The van der Waals surface area contributed by atoms with Gasteiger partial charge in [-0.3, -0.25) is 20.4 Å². The van der Waals surface area contributed by atoms with E-state index in [0.29, 0.717) is 28.7 Å². The van der Waals surface area contributed by atoms with Crippen molar-refractivity contribution in [3.05, 3.63) is 59.1 Å². The van der Waals surface area contributed by atoms with E-state index < -0.39 is 11.8 Å². The fraction of sp³-hybridized carbons (Fsp3) is 0.150. The summed E-state index contributed by atoms with van der Waals surface area (Å²) >= 11 is 1.48. The number of para-hydroxylation sites is 1. The third-order valence-electron chi connectivity index (χ3n) is 3.71. The number of nitrogens with zero attached hydrogens (tertiary/aromatic N) is 1. The molecule has 3 rings (SSSR count). The number of ether oxygens (including phenoxy) is 2. The number of amides is 2. The second-order valence-corrected chi connectivity index (χ2v) is 6.66. The van der Waals surface area contributed by atoms with Crippen molar-refractivity contribution in [1.29, 1.82) is 0 Å². The average molecular weight is 397 g/mol. The Labute approximate surface area is 166 Å². The molecule has 0 aliphatic heterocycles. The fourth-order valence-electron chi connectivity index (χ4n) is 2.42. The van der Waals surface area contributed by atoms with Crippen molar-refractivity contribution in [2.75, 3.05) is 13.7 Å². The molecule has 2 N–H and O–H groups in total. The van der Waals surface area contributed by atoms with Crippen LogP contribution in [0.2, 0.25) is 0 Å². The van der Waals surface area contributed by atoms with Crippen LogP contribution in [0.25, 0.3) is 16.3 Å². The van der Waals surface area contributed by atoms with Gasteiger partial charge in [0.1, 0.15) is 5.01 Å². The fourth-order valence-corrected chi connectivity index (χ4v) is 3.29. The van der Waals surface area contributed by atoms with Gasteiger partial charge in [0.25, 0.3) is 11.8 Å². The van der Waals surface area contributed by atoms with Gasteiger partial charge in [0.05, 0.1) is 23.9 Å². The molecule has 2 amide bonds. The molecular weight excluding hydrogens is 378 g/mol. The topological polar surface area (TPSA) is 89.6 Å². The quantitative estimate of drug-likeness (QED) is 0.493. The van der Waals surface area contributed by atoms with E-state index in [1.807, 2.05) is 31.2 Å². The number of aromatic nitrogens is 1. The lowest BCUT2D eigenvalue weighted by Gasteiger charge is -2.11. The molecule has 1 aromatic heterocycles. The summed E-state index contributed by atoms with van der Waals surface area (Å²) in [7, 11) is 1.49. The number of hydrogen-bond acceptors (Lipinski definition) is 6. The second kappa shape index (κ2) is 9.01. The molecule has 1 heterocycles. The van der Waals surface area contributed by atoms with Crippen molar-refractivity contribution < 1.29 is 19.1 Å². The van der Waals surface area contributed by atoms with Gasteiger partial charge in [-0.2, -0.15) is 0 Å². The van der Waals surface area contributed by atoms with Crippen molar-refractivity contribution in [3.63, 3.8) is 0 Å². The molecule has 0 atom stereocenters. The first-order valence-electron chi connectivity index (χ1n) is 8.55. The molecule has 0 bridgehead atoms. The number of rotatable bonds is 6. The van der Waals surface area contributed by atoms with Crippen LogP contribution in [0.4, 0.5) is 0 Å². The standard InChI is InChI=1S/C20H19N3O4S/c1-3-27-15-9-8-13(12-16(15)26-2)20(25)23-22-18(24)10-11-19-21-14-6-4-5-7-17(14)28-19/h4-12H,3H2,1-2H3,(H,22,24)(H,23,25)/b11-10+. The predicted molar refractivity (Wildman–Crippen MR) is 108 cm³/mol. The Bertz CT molecular complexity index is 996. The molecule has 0 aliphatic rings. The molecule has 2 aromatic carbocycles. The van der Waals surface area contributed by atoms with E-state index in [1.54, 1.807) is 24.3 Å². The van der Waals surface area contributed by atoms with Crippen molar-refractivity contribution in [3.8, 4) is 11.5 Å². The molecular formula is C20H19N3O4S. The van der Waals surface area contributed by atoms with Crippen LogP contribution < -0.4 is 20.3 Å². The van der Waals surface area contributed by atoms with Gasteiger partial charge in [0.15, 0.2) is 11.5 Å². The molecule has 144 valence electrons. The summed E-state index contributed by atoms with van der Waals surface area (Å²) in [5, 5.41) is 0.707. The monoisotopic (exact) mass is 397 g/mol. The first-order chi connectivity index (χ1) is 13.6. The maximum absolute atomic E-state index is 12.2. The number of fused-ring (bicyclic) bond motifs is 1. The van der Waals surface area contributed by atoms with E-state index in [0.717, 1.165) is 10.2 Å². The number of carbonyl (C=O) groups is 2. The number of carbonyl (C=O) groups excluding carboxylic acids is 2. The Morgan fingerprint density at radius 2 is 1.96 bits per heavy atom. The van der Waals surface area contributed by atoms with Crippen molar-refractivity contribution in [2.45, 2.75) is 6.92 Å². The van der Waals surface area contributed by atoms with Crippen LogP contribution in [0.5, 0.6) is 11.5 Å². The molecule has 0 radical (unpaired) electrons. The van der Waals surface area contributed by atoms with Crippen molar-refractivity contribution in [2.24, 2.45) is 0 Å². The Balaban J connectivity index is 1.58. The number of thiazole rings is 1. The highest BCUT2D eigenvalue weighted by Crippen LogP contribution is 2.28. The summed E-state index contributed by atoms with van der Waals surface area (Å²) < 4.78 is 11.7. The van der Waals surface area contributed by atoms with Crippen molar-refractivity contribution in [1.82, 2.24) is 15.8 Å². The zero-order chi connectivity index (χ0) is 19.9. The highest BCUT2D eigenvalue weighted by Gasteiger charge is 2.11. The molecule has 0 fully saturated rings. The highest BCUT2D eigenvalue weighted by atomic mass is 32.1. The van der Waals surface area contributed by atoms with Gasteiger partial charge in [-0.15, -0.1) is 11.3 Å². The first kappa shape index (κ1) is 19.4. The largest absolute Gasteiger partial charge is 0.493 e. The maximum atomic E-state index is 12.2. The Morgan fingerprint density at radius 3 is 2.71 bits per heavy atom. The SMILES string of the molecule is CCOc1ccc(C(=O)NNC(=O)/C=C/c2nc3ccccc3s2)cc1OC. The van der Waals surface area contributed by atoms with Crippen molar-refractivity contribution >= 4 is 39.4 Å². The highest BCUT2D eigenvalue weighted by molar-refractivity contribution is 7.19. The molecule has 7 nitrogen and oxygen atoms in total. The molecule has 3 aromatic rings. The third kappa shape index (κ3) is 4.66. The zero-order valence-corrected chi connectivity index (χ0v) is 16.2. The number of hydrogen-bond donors (Lipinski definition) is 2. The molecule has 8 heteroatoms. The lowest BCUT2D eigenvalue weighted by atomic mass is 10.2. The average Bonchev–Trinajstić information content (AvgIpc) is 3.14. The van der Waals surface area contributed by atoms with E-state index >= 15 is 0 Å². The first-order valence-corrected chi connectivity index (χ1v) is 9.37. The summed E-state index contributed by atoms with van der Waals surface area (Å²) in [6.07, 6.45) is 2.92. The minimum Gasteiger partial charge on any atom is -0.493 e. The summed E-state index contributed by atoms with van der Waals surface area (Å²) in [6, 6.07) is 12.5. The van der Waals surface area contributed by atoms with Gasteiger partial charge >= 0.3 is 0 Å². The van der Waals surface area contributed by atoms with Gasteiger partial charge in [-0.1, -0.05) is 12.1 Å². The third-order valence-corrected chi connectivity index (χ3v) is 4.71. The summed E-state index contributed by atoms with van der Waals surface area (Å²) in [6.45, 7) is 2.34. The van der Waals surface area contributed by atoms with E-state index in [2.05, 4.69) is 15.8 Å². The van der Waals surface area contributed by atoms with Crippen LogP contribution in [0.3, 0.4) is 0 Å². The molecule has 0 aliphatic carbocycles. The van der Waals surface area contributed by atoms with Gasteiger partial charge in [0, 0.05) is 11.6 Å². The van der Waals surface area contributed by atoms with Crippen LogP contribution in [-0.2, 0) is 4.79 Å². The Hall–Kier alpha value is -3.39. The maximum Gasteiger partial charge on any atom is 0.269 e. The van der Waals surface area contributed by atoms with Crippen LogP contribution in [0, 0.1) is 0 Å². The van der Waals surface area contributed by atoms with E-state index in [-0.39, 0.29) is 0 Å².